The number of hydrogen-bond acceptors (Lipinski definition) is 4. The van der Waals surface area contributed by atoms with E-state index in [1.165, 1.54) is 18.0 Å². The molecule has 0 fully saturated rings. The molecule has 0 saturated carbocycles. The summed E-state index contributed by atoms with van der Waals surface area (Å²) in [5.41, 5.74) is 4.42. The highest BCUT2D eigenvalue weighted by molar-refractivity contribution is 6.15. The molecule has 0 unspecified atom stereocenters. The summed E-state index contributed by atoms with van der Waals surface area (Å²) in [5, 5.41) is 14.2. The van der Waals surface area contributed by atoms with Crippen LogP contribution in [0, 0.1) is 6.92 Å². The van der Waals surface area contributed by atoms with Crippen LogP contribution in [0.25, 0.3) is 11.1 Å². The fraction of sp³-hybridized carbons (Fsp3) is 0.250. The third-order valence-corrected chi connectivity index (χ3v) is 5.44. The number of carboxylic acids is 1. The van der Waals surface area contributed by atoms with Crippen molar-refractivity contribution in [3.63, 3.8) is 0 Å². The van der Waals surface area contributed by atoms with Crippen molar-refractivity contribution < 1.29 is 24.3 Å². The van der Waals surface area contributed by atoms with Gasteiger partial charge in [0.2, 0.25) is 0 Å². The van der Waals surface area contributed by atoms with E-state index in [1.54, 1.807) is 19.1 Å². The van der Waals surface area contributed by atoms with Gasteiger partial charge in [-0.15, -0.1) is 0 Å². The summed E-state index contributed by atoms with van der Waals surface area (Å²) in [6, 6.07) is 11.1. The summed E-state index contributed by atoms with van der Waals surface area (Å²) in [7, 11) is 1.53. The smallest absolute Gasteiger partial charge is 0.320 e. The minimum atomic E-state index is -1.31. The monoisotopic (exact) mass is 435 g/mol. The second-order valence-corrected chi connectivity index (χ2v) is 7.70. The van der Waals surface area contributed by atoms with Gasteiger partial charge in [0, 0.05) is 30.9 Å². The number of benzene rings is 2. The van der Waals surface area contributed by atoms with E-state index in [0.29, 0.717) is 16.9 Å². The molecule has 1 heterocycles. The molecule has 1 aliphatic rings. The van der Waals surface area contributed by atoms with Crippen LogP contribution in [-0.4, -0.2) is 46.8 Å². The van der Waals surface area contributed by atoms with Crippen molar-refractivity contribution in [1.82, 2.24) is 10.2 Å². The first-order chi connectivity index (χ1) is 15.2. The number of ketones is 1. The van der Waals surface area contributed by atoms with Crippen molar-refractivity contribution >= 4 is 29.4 Å². The molecule has 0 bridgehead atoms. The number of aryl methyl sites for hydroxylation is 2. The lowest BCUT2D eigenvalue weighted by atomic mass is 9.97. The number of anilines is 1. The molecule has 0 saturated heterocycles. The zero-order valence-corrected chi connectivity index (χ0v) is 18.1. The van der Waals surface area contributed by atoms with Crippen LogP contribution in [-0.2, 0) is 20.8 Å². The molecule has 1 aliphatic heterocycles. The molecule has 1 atom stereocenters. The van der Waals surface area contributed by atoms with Gasteiger partial charge in [0.15, 0.2) is 11.8 Å². The van der Waals surface area contributed by atoms with Gasteiger partial charge in [0.05, 0.1) is 0 Å². The number of carboxylic acid groups (broad SMARTS) is 1. The zero-order chi connectivity index (χ0) is 23.4. The van der Waals surface area contributed by atoms with Gasteiger partial charge in [-0.1, -0.05) is 36.4 Å². The third-order valence-electron chi connectivity index (χ3n) is 5.44. The summed E-state index contributed by atoms with van der Waals surface area (Å²) >= 11 is 0. The fourth-order valence-corrected chi connectivity index (χ4v) is 3.51. The standard InChI is InChI=1S/C24H25N3O5/c1-14-6-4-5-7-18(14)17-9-8-16(10-11-21(29)30)19(13-17)25-24(32)26-22-20(28)12-15(2)27(3)23(22)31/h4-9,12-13,22H,10-11H2,1-3H3,(H,29,30)(H2,25,26,32)/t22-/m0/s1. The first-order valence-electron chi connectivity index (χ1n) is 10.2. The van der Waals surface area contributed by atoms with Crippen LogP contribution in [0.15, 0.2) is 54.2 Å². The second-order valence-electron chi connectivity index (χ2n) is 7.70. The summed E-state index contributed by atoms with van der Waals surface area (Å²) in [4.78, 5) is 49.7. The third kappa shape index (κ3) is 5.03. The SMILES string of the molecule is CC1=CC(=O)[C@H](NC(=O)Nc2cc(-c3ccccc3C)ccc2CCC(=O)O)C(=O)N1C. The van der Waals surface area contributed by atoms with Crippen LogP contribution in [0.4, 0.5) is 10.5 Å². The van der Waals surface area contributed by atoms with Gasteiger partial charge in [-0.2, -0.15) is 0 Å². The Hall–Kier alpha value is -3.94. The number of rotatable bonds is 6. The highest BCUT2D eigenvalue weighted by Gasteiger charge is 2.34. The van der Waals surface area contributed by atoms with Gasteiger partial charge in [-0.3, -0.25) is 14.4 Å². The lowest BCUT2D eigenvalue weighted by Crippen LogP contribution is -2.54. The number of amides is 3. The molecule has 2 aromatic carbocycles. The topological polar surface area (TPSA) is 116 Å². The average Bonchev–Trinajstić information content (AvgIpc) is 2.74. The Morgan fingerprint density at radius 1 is 1.09 bits per heavy atom. The Bertz CT molecular complexity index is 1120. The molecule has 0 aromatic heterocycles. The normalized spacial score (nSPS) is 15.9. The van der Waals surface area contributed by atoms with E-state index in [1.807, 2.05) is 37.3 Å². The van der Waals surface area contributed by atoms with Crippen molar-refractivity contribution in [3.8, 4) is 11.1 Å². The molecule has 2 aromatic rings. The highest BCUT2D eigenvalue weighted by atomic mass is 16.4. The van der Waals surface area contributed by atoms with E-state index in [9.17, 15) is 19.2 Å². The first-order valence-corrected chi connectivity index (χ1v) is 10.2. The quantitative estimate of drug-likeness (QED) is 0.603. The van der Waals surface area contributed by atoms with Crippen LogP contribution in [0.5, 0.6) is 0 Å². The van der Waals surface area contributed by atoms with Crippen LogP contribution in [0.1, 0.15) is 24.5 Å². The first kappa shape index (κ1) is 22.7. The predicted octanol–water partition coefficient (Wildman–Crippen LogP) is 3.11. The molecule has 3 amide bonds. The highest BCUT2D eigenvalue weighted by Crippen LogP contribution is 2.29. The van der Waals surface area contributed by atoms with Crippen molar-refractivity contribution in [1.29, 1.82) is 0 Å². The number of nitrogens with zero attached hydrogens (tertiary/aromatic N) is 1. The fourth-order valence-electron chi connectivity index (χ4n) is 3.51. The Kier molecular flexibility index (Phi) is 6.73. The molecular weight excluding hydrogens is 410 g/mol. The molecule has 3 rings (SSSR count). The second kappa shape index (κ2) is 9.47. The minimum Gasteiger partial charge on any atom is -0.481 e. The van der Waals surface area contributed by atoms with Crippen molar-refractivity contribution in [2.45, 2.75) is 32.7 Å². The maximum atomic E-state index is 12.7. The van der Waals surface area contributed by atoms with E-state index in [0.717, 1.165) is 16.7 Å². The maximum absolute atomic E-state index is 12.7. The van der Waals surface area contributed by atoms with Gasteiger partial charge in [0.25, 0.3) is 5.91 Å². The summed E-state index contributed by atoms with van der Waals surface area (Å²) < 4.78 is 0. The van der Waals surface area contributed by atoms with E-state index in [-0.39, 0.29) is 12.8 Å². The number of nitrogens with one attached hydrogen (secondary N) is 2. The molecule has 0 spiro atoms. The number of carbonyl (C=O) groups excluding carboxylic acids is 3. The molecule has 8 nitrogen and oxygen atoms in total. The largest absolute Gasteiger partial charge is 0.481 e. The van der Waals surface area contributed by atoms with Gasteiger partial charge in [0.1, 0.15) is 0 Å². The zero-order valence-electron chi connectivity index (χ0n) is 18.1. The molecule has 8 heteroatoms. The number of allylic oxidation sites excluding steroid dienone is 1. The molecule has 0 radical (unpaired) electrons. The molecule has 166 valence electrons. The summed E-state index contributed by atoms with van der Waals surface area (Å²) in [6.45, 7) is 3.61. The van der Waals surface area contributed by atoms with Gasteiger partial charge < -0.3 is 20.6 Å². The number of hydrogen-bond donors (Lipinski definition) is 3. The van der Waals surface area contributed by atoms with Gasteiger partial charge in [-0.25, -0.2) is 4.79 Å². The lowest BCUT2D eigenvalue weighted by Gasteiger charge is -2.28. The van der Waals surface area contributed by atoms with E-state index in [4.69, 9.17) is 5.11 Å². The van der Waals surface area contributed by atoms with Gasteiger partial charge in [-0.05, 0) is 48.6 Å². The Morgan fingerprint density at radius 3 is 2.50 bits per heavy atom. The van der Waals surface area contributed by atoms with Crippen molar-refractivity contribution in [2.75, 3.05) is 12.4 Å². The Morgan fingerprint density at radius 2 is 1.81 bits per heavy atom. The van der Waals surface area contributed by atoms with Crippen molar-refractivity contribution in [2.24, 2.45) is 0 Å². The number of carbonyl (C=O) groups is 4. The number of aliphatic carboxylic acids is 1. The average molecular weight is 435 g/mol. The van der Waals surface area contributed by atoms with E-state index in [2.05, 4.69) is 10.6 Å². The van der Waals surface area contributed by atoms with E-state index >= 15 is 0 Å². The van der Waals surface area contributed by atoms with E-state index < -0.39 is 29.7 Å². The summed E-state index contributed by atoms with van der Waals surface area (Å²) in [5.74, 6) is -1.97. The van der Waals surface area contributed by atoms with Crippen molar-refractivity contribution in [3.05, 3.63) is 65.4 Å². The maximum Gasteiger partial charge on any atom is 0.320 e. The summed E-state index contributed by atoms with van der Waals surface area (Å²) in [6.07, 6.45) is 1.42. The molecule has 0 aliphatic carbocycles. The number of likely N-dealkylation sites (N-methyl/N-ethyl adjacent to an activating group) is 1. The molecule has 3 N–H and O–H groups in total. The minimum absolute atomic E-state index is 0.103. The number of urea groups is 1. The van der Waals surface area contributed by atoms with Crippen LogP contribution < -0.4 is 10.6 Å². The Labute approximate surface area is 185 Å². The van der Waals surface area contributed by atoms with Crippen LogP contribution in [0.3, 0.4) is 0 Å². The lowest BCUT2D eigenvalue weighted by molar-refractivity contribution is -0.137. The Balaban J connectivity index is 1.87. The van der Waals surface area contributed by atoms with Crippen LogP contribution in [0.2, 0.25) is 0 Å². The molecular formula is C24H25N3O5. The van der Waals surface area contributed by atoms with Gasteiger partial charge >= 0.3 is 12.0 Å². The van der Waals surface area contributed by atoms with Crippen LogP contribution >= 0.6 is 0 Å². The molecule has 32 heavy (non-hydrogen) atoms. The predicted molar refractivity (Wildman–Crippen MR) is 120 cm³/mol.